The first-order chi connectivity index (χ1) is 16.8. The summed E-state index contributed by atoms with van der Waals surface area (Å²) in [6.45, 7) is 6.34. The second-order valence-corrected chi connectivity index (χ2v) is 11.3. The van der Waals surface area contributed by atoms with Crippen LogP contribution in [0.25, 0.3) is 0 Å². The number of benzene rings is 1. The number of fused-ring (bicyclic) bond motifs is 1. The highest BCUT2D eigenvalue weighted by atomic mass is 19.1. The van der Waals surface area contributed by atoms with E-state index in [1.807, 2.05) is 12.1 Å². The maximum atomic E-state index is 15.5. The standard InChI is InChI=1S/C26H34FN5O3/c27-26(7-5-25(6-8-26)15-28-16-25)17-30-9-11-31(12-10-30)19-1-2-20-18(13-19)14-32(24(20)35)21-3-4-22(33)29-23(21)34/h1-2,13,21,28H,3-12,14-17H2,(H,29,33,34)/t21-/m0/s1. The maximum Gasteiger partial charge on any atom is 0.255 e. The smallest absolute Gasteiger partial charge is 0.255 e. The normalized spacial score (nSPS) is 28.1. The zero-order valence-electron chi connectivity index (χ0n) is 20.2. The lowest BCUT2D eigenvalue weighted by atomic mass is 9.66. The number of amides is 3. The molecule has 1 saturated carbocycles. The Bertz CT molecular complexity index is 1040. The Morgan fingerprint density at radius 1 is 1.00 bits per heavy atom. The third-order valence-corrected chi connectivity index (χ3v) is 8.96. The van der Waals surface area contributed by atoms with Gasteiger partial charge < -0.3 is 15.1 Å². The third kappa shape index (κ3) is 4.22. The number of nitrogens with one attached hydrogen (secondary N) is 2. The Morgan fingerprint density at radius 2 is 1.74 bits per heavy atom. The fourth-order valence-corrected chi connectivity index (χ4v) is 6.54. The van der Waals surface area contributed by atoms with Gasteiger partial charge in [-0.15, -0.1) is 0 Å². The van der Waals surface area contributed by atoms with E-state index in [4.69, 9.17) is 0 Å². The molecule has 0 radical (unpaired) electrons. The molecule has 6 rings (SSSR count). The summed E-state index contributed by atoms with van der Waals surface area (Å²) in [6.07, 6.45) is 3.98. The molecule has 2 N–H and O–H groups in total. The quantitative estimate of drug-likeness (QED) is 0.631. The molecule has 35 heavy (non-hydrogen) atoms. The van der Waals surface area contributed by atoms with Crippen LogP contribution in [0.4, 0.5) is 10.1 Å². The minimum absolute atomic E-state index is 0.147. The van der Waals surface area contributed by atoms with Crippen molar-refractivity contribution in [3.8, 4) is 0 Å². The molecular formula is C26H34FN5O3. The van der Waals surface area contributed by atoms with Crippen molar-refractivity contribution >= 4 is 23.4 Å². The van der Waals surface area contributed by atoms with E-state index in [-0.39, 0.29) is 24.1 Å². The highest BCUT2D eigenvalue weighted by Crippen LogP contribution is 2.45. The molecule has 1 spiro atoms. The van der Waals surface area contributed by atoms with Crippen LogP contribution in [0.2, 0.25) is 0 Å². The van der Waals surface area contributed by atoms with E-state index in [9.17, 15) is 14.4 Å². The Morgan fingerprint density at radius 3 is 2.40 bits per heavy atom. The van der Waals surface area contributed by atoms with Crippen LogP contribution >= 0.6 is 0 Å². The van der Waals surface area contributed by atoms with Gasteiger partial charge in [-0.3, -0.25) is 24.6 Å². The van der Waals surface area contributed by atoms with Gasteiger partial charge in [0.2, 0.25) is 11.8 Å². The van der Waals surface area contributed by atoms with Crippen molar-refractivity contribution in [3.05, 3.63) is 29.3 Å². The Kier molecular flexibility index (Phi) is 5.60. The van der Waals surface area contributed by atoms with Crippen LogP contribution in [-0.4, -0.2) is 85.0 Å². The molecule has 1 aromatic rings. The van der Waals surface area contributed by atoms with Crippen molar-refractivity contribution in [1.82, 2.24) is 20.4 Å². The molecular weight excluding hydrogens is 449 g/mol. The van der Waals surface area contributed by atoms with E-state index in [2.05, 4.69) is 26.5 Å². The summed E-state index contributed by atoms with van der Waals surface area (Å²) in [5.74, 6) is -0.813. The van der Waals surface area contributed by atoms with Crippen LogP contribution in [-0.2, 0) is 16.1 Å². The Balaban J connectivity index is 1.05. The summed E-state index contributed by atoms with van der Waals surface area (Å²) >= 11 is 0. The molecule has 9 heteroatoms. The average molecular weight is 484 g/mol. The number of piperazine rings is 1. The fraction of sp³-hybridized carbons (Fsp3) is 0.654. The molecule has 1 atom stereocenters. The van der Waals surface area contributed by atoms with Crippen LogP contribution < -0.4 is 15.5 Å². The highest BCUT2D eigenvalue weighted by Gasteiger charge is 2.47. The zero-order chi connectivity index (χ0) is 24.2. The molecule has 3 amide bonds. The summed E-state index contributed by atoms with van der Waals surface area (Å²) < 4.78 is 15.5. The van der Waals surface area contributed by atoms with Crippen molar-refractivity contribution in [2.75, 3.05) is 50.7 Å². The number of nitrogens with zero attached hydrogens (tertiary/aromatic N) is 3. The largest absolute Gasteiger partial charge is 0.369 e. The highest BCUT2D eigenvalue weighted by molar-refractivity contribution is 6.05. The first-order valence-electron chi connectivity index (χ1n) is 13.0. The van der Waals surface area contributed by atoms with Gasteiger partial charge in [0.25, 0.3) is 5.91 Å². The number of carbonyl (C=O) groups excluding carboxylic acids is 3. The number of rotatable bonds is 4. The predicted octanol–water partition coefficient (Wildman–Crippen LogP) is 1.44. The van der Waals surface area contributed by atoms with Crippen LogP contribution in [0.15, 0.2) is 18.2 Å². The fourth-order valence-electron chi connectivity index (χ4n) is 6.54. The zero-order valence-corrected chi connectivity index (χ0v) is 20.2. The lowest BCUT2D eigenvalue weighted by Gasteiger charge is -2.50. The van der Waals surface area contributed by atoms with Crippen LogP contribution in [0.1, 0.15) is 54.4 Å². The molecule has 3 saturated heterocycles. The van der Waals surface area contributed by atoms with Crippen molar-refractivity contribution in [1.29, 1.82) is 0 Å². The lowest BCUT2D eigenvalue weighted by Crippen LogP contribution is -2.58. The number of hydrogen-bond donors (Lipinski definition) is 2. The lowest BCUT2D eigenvalue weighted by molar-refractivity contribution is -0.136. The Labute approximate surface area is 205 Å². The molecule has 0 unspecified atom stereocenters. The molecule has 0 bridgehead atoms. The minimum atomic E-state index is -1.06. The van der Waals surface area contributed by atoms with Crippen molar-refractivity contribution in [2.24, 2.45) is 5.41 Å². The van der Waals surface area contributed by atoms with Gasteiger partial charge in [-0.25, -0.2) is 4.39 Å². The molecule has 4 fully saturated rings. The summed E-state index contributed by atoms with van der Waals surface area (Å²) in [5, 5.41) is 5.70. The van der Waals surface area contributed by atoms with Crippen molar-refractivity contribution < 1.29 is 18.8 Å². The van der Waals surface area contributed by atoms with E-state index in [0.717, 1.165) is 63.4 Å². The summed E-state index contributed by atoms with van der Waals surface area (Å²) in [5.41, 5.74) is 1.93. The molecule has 5 aliphatic rings. The van der Waals surface area contributed by atoms with Gasteiger partial charge in [0.05, 0.1) is 0 Å². The maximum absolute atomic E-state index is 15.5. The minimum Gasteiger partial charge on any atom is -0.369 e. The Hall–Kier alpha value is -2.52. The van der Waals surface area contributed by atoms with Crippen molar-refractivity contribution in [3.63, 3.8) is 0 Å². The molecule has 1 aromatic carbocycles. The van der Waals surface area contributed by atoms with Crippen LogP contribution in [0.5, 0.6) is 0 Å². The molecule has 188 valence electrons. The topological polar surface area (TPSA) is 85.0 Å². The number of alkyl halides is 1. The van der Waals surface area contributed by atoms with Gasteiger partial charge in [0.15, 0.2) is 0 Å². The van der Waals surface area contributed by atoms with Gasteiger partial charge in [-0.05, 0) is 61.3 Å². The summed E-state index contributed by atoms with van der Waals surface area (Å²) in [4.78, 5) is 42.9. The number of piperidine rings is 1. The number of halogens is 1. The van der Waals surface area contributed by atoms with Gasteiger partial charge in [-0.1, -0.05) is 0 Å². The van der Waals surface area contributed by atoms with Gasteiger partial charge in [-0.2, -0.15) is 0 Å². The van der Waals surface area contributed by atoms with Gasteiger partial charge in [0.1, 0.15) is 11.7 Å². The van der Waals surface area contributed by atoms with E-state index in [1.54, 1.807) is 4.90 Å². The number of carbonyl (C=O) groups is 3. The molecule has 0 aromatic heterocycles. The summed E-state index contributed by atoms with van der Waals surface area (Å²) in [6, 6.07) is 5.29. The molecule has 1 aliphatic carbocycles. The van der Waals surface area contributed by atoms with Gasteiger partial charge >= 0.3 is 0 Å². The first kappa shape index (κ1) is 22.9. The number of anilines is 1. The SMILES string of the molecule is O=C1CC[C@H](N2Cc3cc(N4CCN(CC5(F)CCC6(CC5)CNC6)CC4)ccc3C2=O)C(=O)N1. The van der Waals surface area contributed by atoms with E-state index < -0.39 is 11.7 Å². The first-order valence-corrected chi connectivity index (χ1v) is 13.0. The second kappa shape index (κ2) is 8.55. The van der Waals surface area contributed by atoms with E-state index in [1.165, 1.54) is 0 Å². The van der Waals surface area contributed by atoms with Crippen LogP contribution in [0, 0.1) is 5.41 Å². The van der Waals surface area contributed by atoms with Crippen molar-refractivity contribution in [2.45, 2.75) is 56.8 Å². The number of hydrogen-bond acceptors (Lipinski definition) is 6. The average Bonchev–Trinajstić information content (AvgIpc) is 3.14. The molecule has 8 nitrogen and oxygen atoms in total. The second-order valence-electron chi connectivity index (χ2n) is 11.3. The summed E-state index contributed by atoms with van der Waals surface area (Å²) in [7, 11) is 0. The predicted molar refractivity (Wildman–Crippen MR) is 129 cm³/mol. The number of imide groups is 1. The third-order valence-electron chi connectivity index (χ3n) is 8.96. The molecule has 4 aliphatic heterocycles. The van der Waals surface area contributed by atoms with E-state index >= 15 is 4.39 Å². The monoisotopic (exact) mass is 483 g/mol. The van der Waals surface area contributed by atoms with E-state index in [0.29, 0.717) is 43.3 Å². The van der Waals surface area contributed by atoms with Crippen LogP contribution in [0.3, 0.4) is 0 Å². The molecule has 4 heterocycles. The van der Waals surface area contributed by atoms with Gasteiger partial charge in [0, 0.05) is 70.0 Å².